The van der Waals surface area contributed by atoms with Crippen molar-refractivity contribution in [3.63, 3.8) is 0 Å². The van der Waals surface area contributed by atoms with Gasteiger partial charge in [0.2, 0.25) is 5.91 Å². The SMILES string of the molecule is CSCCC(=O)NCCCCl. The van der Waals surface area contributed by atoms with Gasteiger partial charge >= 0.3 is 0 Å². The van der Waals surface area contributed by atoms with Crippen molar-refractivity contribution in [3.05, 3.63) is 0 Å². The molecular weight excluding hydrogens is 182 g/mol. The Morgan fingerprint density at radius 2 is 2.36 bits per heavy atom. The molecule has 0 aliphatic carbocycles. The second-order valence-electron chi connectivity index (χ2n) is 2.14. The van der Waals surface area contributed by atoms with E-state index in [-0.39, 0.29) is 5.91 Å². The first-order valence-corrected chi connectivity index (χ1v) is 5.55. The molecule has 0 bridgehead atoms. The summed E-state index contributed by atoms with van der Waals surface area (Å²) in [6, 6.07) is 0. The number of rotatable bonds is 6. The Morgan fingerprint density at radius 1 is 1.64 bits per heavy atom. The van der Waals surface area contributed by atoms with Crippen LogP contribution in [0.5, 0.6) is 0 Å². The third-order valence-electron chi connectivity index (χ3n) is 1.17. The highest BCUT2D eigenvalue weighted by atomic mass is 35.5. The molecule has 0 aliphatic rings. The molecule has 0 aromatic carbocycles. The minimum atomic E-state index is 0.129. The van der Waals surface area contributed by atoms with Crippen LogP contribution in [0.25, 0.3) is 0 Å². The minimum Gasteiger partial charge on any atom is -0.356 e. The molecule has 0 aromatic rings. The van der Waals surface area contributed by atoms with E-state index >= 15 is 0 Å². The van der Waals surface area contributed by atoms with Crippen molar-refractivity contribution in [2.45, 2.75) is 12.8 Å². The van der Waals surface area contributed by atoms with Crippen molar-refractivity contribution < 1.29 is 4.79 Å². The van der Waals surface area contributed by atoms with Crippen LogP contribution in [0.15, 0.2) is 0 Å². The number of hydrogen-bond acceptors (Lipinski definition) is 2. The van der Waals surface area contributed by atoms with Gasteiger partial charge in [-0.1, -0.05) is 0 Å². The van der Waals surface area contributed by atoms with Gasteiger partial charge in [-0.2, -0.15) is 11.8 Å². The number of alkyl halides is 1. The maximum atomic E-state index is 10.9. The molecule has 1 N–H and O–H groups in total. The fourth-order valence-electron chi connectivity index (χ4n) is 0.578. The van der Waals surface area contributed by atoms with Crippen LogP contribution in [0.4, 0.5) is 0 Å². The van der Waals surface area contributed by atoms with E-state index in [1.807, 2.05) is 6.26 Å². The van der Waals surface area contributed by atoms with Gasteiger partial charge < -0.3 is 5.32 Å². The fourth-order valence-corrected chi connectivity index (χ4v) is 1.10. The summed E-state index contributed by atoms with van der Waals surface area (Å²) in [5.41, 5.74) is 0. The number of amides is 1. The third kappa shape index (κ3) is 8.01. The largest absolute Gasteiger partial charge is 0.356 e. The second kappa shape index (κ2) is 8.21. The summed E-state index contributed by atoms with van der Waals surface area (Å²) in [7, 11) is 0. The molecule has 0 atom stereocenters. The lowest BCUT2D eigenvalue weighted by atomic mass is 10.4. The smallest absolute Gasteiger partial charge is 0.220 e. The Kier molecular flexibility index (Phi) is 8.29. The van der Waals surface area contributed by atoms with E-state index in [4.69, 9.17) is 11.6 Å². The Morgan fingerprint density at radius 3 is 2.91 bits per heavy atom. The van der Waals surface area contributed by atoms with Crippen LogP contribution in [-0.4, -0.2) is 30.3 Å². The van der Waals surface area contributed by atoms with Crippen molar-refractivity contribution in [2.24, 2.45) is 0 Å². The highest BCUT2D eigenvalue weighted by Crippen LogP contribution is 1.94. The molecule has 0 saturated carbocycles. The zero-order chi connectivity index (χ0) is 8.53. The molecule has 1 amide bonds. The van der Waals surface area contributed by atoms with Gasteiger partial charge in [0.15, 0.2) is 0 Å². The van der Waals surface area contributed by atoms with Gasteiger partial charge in [0, 0.05) is 24.6 Å². The molecule has 0 radical (unpaired) electrons. The number of carbonyl (C=O) groups excluding carboxylic acids is 1. The Balaban J connectivity index is 3.09. The average molecular weight is 196 g/mol. The van der Waals surface area contributed by atoms with Crippen LogP contribution < -0.4 is 5.32 Å². The van der Waals surface area contributed by atoms with Crippen LogP contribution in [0, 0.1) is 0 Å². The maximum Gasteiger partial charge on any atom is 0.220 e. The van der Waals surface area contributed by atoms with Crippen molar-refractivity contribution in [1.29, 1.82) is 0 Å². The van der Waals surface area contributed by atoms with E-state index in [0.29, 0.717) is 18.8 Å². The summed E-state index contributed by atoms with van der Waals surface area (Å²) in [5, 5.41) is 2.78. The molecule has 0 fully saturated rings. The Labute approximate surface area is 77.1 Å². The fraction of sp³-hybridized carbons (Fsp3) is 0.857. The van der Waals surface area contributed by atoms with Gasteiger partial charge in [0.25, 0.3) is 0 Å². The number of halogens is 1. The number of thioether (sulfide) groups is 1. The number of nitrogens with one attached hydrogen (secondary N) is 1. The third-order valence-corrected chi connectivity index (χ3v) is 2.05. The van der Waals surface area contributed by atoms with Crippen molar-refractivity contribution in [1.82, 2.24) is 5.32 Å². The lowest BCUT2D eigenvalue weighted by Crippen LogP contribution is -2.24. The van der Waals surface area contributed by atoms with Gasteiger partial charge in [-0.3, -0.25) is 4.79 Å². The zero-order valence-electron chi connectivity index (χ0n) is 6.73. The Bertz CT molecular complexity index is 111. The van der Waals surface area contributed by atoms with Gasteiger partial charge in [0.05, 0.1) is 0 Å². The monoisotopic (exact) mass is 195 g/mol. The number of hydrogen-bond donors (Lipinski definition) is 1. The predicted molar refractivity (Wildman–Crippen MR) is 51.3 cm³/mol. The van der Waals surface area contributed by atoms with E-state index in [9.17, 15) is 4.79 Å². The maximum absolute atomic E-state index is 10.9. The molecule has 4 heteroatoms. The summed E-state index contributed by atoms with van der Waals surface area (Å²) in [4.78, 5) is 10.9. The lowest BCUT2D eigenvalue weighted by molar-refractivity contribution is -0.120. The quantitative estimate of drug-likeness (QED) is 0.514. The molecule has 0 saturated heterocycles. The molecule has 0 unspecified atom stereocenters. The summed E-state index contributed by atoms with van der Waals surface area (Å²) in [5.74, 6) is 1.64. The van der Waals surface area contributed by atoms with E-state index in [1.165, 1.54) is 0 Å². The van der Waals surface area contributed by atoms with Crippen LogP contribution in [0.2, 0.25) is 0 Å². The molecule has 0 rings (SSSR count). The van der Waals surface area contributed by atoms with Crippen molar-refractivity contribution >= 4 is 29.3 Å². The molecule has 0 aromatic heterocycles. The molecule has 0 spiro atoms. The van der Waals surface area contributed by atoms with Crippen LogP contribution in [0.3, 0.4) is 0 Å². The predicted octanol–water partition coefficient (Wildman–Crippen LogP) is 1.48. The molecular formula is C7H14ClNOS. The van der Waals surface area contributed by atoms with Crippen LogP contribution in [-0.2, 0) is 4.79 Å². The minimum absolute atomic E-state index is 0.129. The molecule has 2 nitrogen and oxygen atoms in total. The van der Waals surface area contributed by atoms with E-state index in [0.717, 1.165) is 12.2 Å². The Hall–Kier alpha value is 0.110. The first-order chi connectivity index (χ1) is 5.31. The van der Waals surface area contributed by atoms with Gasteiger partial charge in [-0.05, 0) is 12.7 Å². The average Bonchev–Trinajstić information content (AvgIpc) is 2.01. The zero-order valence-corrected chi connectivity index (χ0v) is 8.30. The van der Waals surface area contributed by atoms with Gasteiger partial charge in [-0.15, -0.1) is 11.6 Å². The summed E-state index contributed by atoms with van der Waals surface area (Å²) in [6.45, 7) is 0.705. The second-order valence-corrected chi connectivity index (χ2v) is 3.50. The topological polar surface area (TPSA) is 29.1 Å². The first kappa shape index (κ1) is 11.1. The summed E-state index contributed by atoms with van der Waals surface area (Å²) in [6.07, 6.45) is 3.46. The molecule has 0 heterocycles. The summed E-state index contributed by atoms with van der Waals surface area (Å²) < 4.78 is 0. The van der Waals surface area contributed by atoms with E-state index < -0.39 is 0 Å². The van der Waals surface area contributed by atoms with Gasteiger partial charge in [0.1, 0.15) is 0 Å². The first-order valence-electron chi connectivity index (χ1n) is 3.63. The van der Waals surface area contributed by atoms with E-state index in [2.05, 4.69) is 5.32 Å². The molecule has 0 aliphatic heterocycles. The standard InChI is InChI=1S/C7H14ClNOS/c1-11-6-3-7(10)9-5-2-4-8/h2-6H2,1H3,(H,9,10). The van der Waals surface area contributed by atoms with Gasteiger partial charge in [-0.25, -0.2) is 0 Å². The van der Waals surface area contributed by atoms with Crippen molar-refractivity contribution in [3.8, 4) is 0 Å². The van der Waals surface area contributed by atoms with Crippen LogP contribution in [0.1, 0.15) is 12.8 Å². The normalized spacial score (nSPS) is 9.64. The molecule has 66 valence electrons. The van der Waals surface area contributed by atoms with Crippen LogP contribution >= 0.6 is 23.4 Å². The highest BCUT2D eigenvalue weighted by molar-refractivity contribution is 7.98. The lowest BCUT2D eigenvalue weighted by Gasteiger charge is -2.01. The highest BCUT2D eigenvalue weighted by Gasteiger charge is 1.97. The molecule has 11 heavy (non-hydrogen) atoms. The van der Waals surface area contributed by atoms with E-state index in [1.54, 1.807) is 11.8 Å². The summed E-state index contributed by atoms with van der Waals surface area (Å²) >= 11 is 7.12. The number of carbonyl (C=O) groups is 1. The van der Waals surface area contributed by atoms with Crippen molar-refractivity contribution in [2.75, 3.05) is 24.4 Å².